The van der Waals surface area contributed by atoms with Crippen LogP contribution in [0.15, 0.2) is 27.7 Å². The Balaban J connectivity index is 1.68. The lowest BCUT2D eigenvalue weighted by atomic mass is 10.3. The van der Waals surface area contributed by atoms with Crippen LogP contribution in [0, 0.1) is 0 Å². The maximum Gasteiger partial charge on any atom is 0.216 e. The second kappa shape index (κ2) is 4.17. The summed E-state index contributed by atoms with van der Waals surface area (Å²) in [4.78, 5) is 4.57. The van der Waals surface area contributed by atoms with Crippen molar-refractivity contribution in [3.8, 4) is 0 Å². The van der Waals surface area contributed by atoms with Crippen LogP contribution in [0.2, 0.25) is 0 Å². The Morgan fingerprint density at radius 1 is 1.37 bits per heavy atom. The molecule has 0 bridgehead atoms. The molecule has 1 aromatic carbocycles. The van der Waals surface area contributed by atoms with Gasteiger partial charge in [-0.2, -0.15) is 0 Å². The van der Waals surface area contributed by atoms with Crippen molar-refractivity contribution >= 4 is 39.0 Å². The van der Waals surface area contributed by atoms with Gasteiger partial charge < -0.3 is 5.73 Å². The third kappa shape index (κ3) is 2.06. The van der Waals surface area contributed by atoms with E-state index in [-0.39, 0.29) is 0 Å². The van der Waals surface area contributed by atoms with Crippen LogP contribution in [-0.2, 0) is 0 Å². The molecule has 0 aliphatic heterocycles. The molecule has 0 atom stereocenters. The Kier molecular flexibility index (Phi) is 2.46. The molecule has 3 aromatic rings. The maximum absolute atomic E-state index is 5.78. The standard InChI is InChI=1S/C11H10N6S2/c12-6-1-4-8-9(5-6)18-11(13-8)19-10-14-15-16-17(10)7-2-3-7/h1,4-5,7H,2-3,12H2. The summed E-state index contributed by atoms with van der Waals surface area (Å²) in [5.74, 6) is 0. The minimum Gasteiger partial charge on any atom is -0.399 e. The number of thiazole rings is 1. The van der Waals surface area contributed by atoms with Gasteiger partial charge in [-0.15, -0.1) is 16.4 Å². The number of nitrogens with two attached hydrogens (primary N) is 1. The summed E-state index contributed by atoms with van der Waals surface area (Å²) in [6, 6.07) is 6.23. The van der Waals surface area contributed by atoms with Crippen molar-refractivity contribution in [3.63, 3.8) is 0 Å². The number of anilines is 1. The lowest BCUT2D eigenvalue weighted by Crippen LogP contribution is -1.98. The largest absolute Gasteiger partial charge is 0.399 e. The van der Waals surface area contributed by atoms with Gasteiger partial charge in [-0.05, 0) is 53.2 Å². The molecule has 0 amide bonds. The second-order valence-corrected chi connectivity index (χ2v) is 6.69. The van der Waals surface area contributed by atoms with Crippen LogP contribution in [0.4, 0.5) is 5.69 Å². The van der Waals surface area contributed by atoms with Gasteiger partial charge in [0.25, 0.3) is 0 Å². The monoisotopic (exact) mass is 290 g/mol. The highest BCUT2D eigenvalue weighted by Gasteiger charge is 2.28. The lowest BCUT2D eigenvalue weighted by Gasteiger charge is -1.98. The van der Waals surface area contributed by atoms with Gasteiger partial charge in [-0.1, -0.05) is 0 Å². The van der Waals surface area contributed by atoms with Crippen LogP contribution in [0.25, 0.3) is 10.2 Å². The summed E-state index contributed by atoms with van der Waals surface area (Å²) in [6.45, 7) is 0. The Morgan fingerprint density at radius 3 is 3.11 bits per heavy atom. The molecule has 0 saturated heterocycles. The zero-order chi connectivity index (χ0) is 12.8. The van der Waals surface area contributed by atoms with E-state index in [0.29, 0.717) is 6.04 Å². The first-order valence-electron chi connectivity index (χ1n) is 5.91. The molecule has 1 fully saturated rings. The fraction of sp³-hybridized carbons (Fsp3) is 0.273. The SMILES string of the molecule is Nc1ccc2nc(Sc3nnnn3C3CC3)sc2c1. The fourth-order valence-corrected chi connectivity index (χ4v) is 3.90. The second-order valence-electron chi connectivity index (χ2n) is 4.45. The van der Waals surface area contributed by atoms with E-state index in [4.69, 9.17) is 5.73 Å². The highest BCUT2D eigenvalue weighted by atomic mass is 32.2. The van der Waals surface area contributed by atoms with Crippen LogP contribution in [0.5, 0.6) is 0 Å². The summed E-state index contributed by atoms with van der Waals surface area (Å²) >= 11 is 3.13. The van der Waals surface area contributed by atoms with Crippen molar-refractivity contribution in [1.82, 2.24) is 25.2 Å². The van der Waals surface area contributed by atoms with E-state index < -0.39 is 0 Å². The molecule has 2 aromatic heterocycles. The van der Waals surface area contributed by atoms with Crippen LogP contribution in [0.3, 0.4) is 0 Å². The van der Waals surface area contributed by atoms with Gasteiger partial charge in [-0.3, -0.25) is 0 Å². The molecule has 96 valence electrons. The van der Waals surface area contributed by atoms with E-state index in [1.54, 1.807) is 11.3 Å². The first-order chi connectivity index (χ1) is 9.29. The number of tetrazole rings is 1. The zero-order valence-corrected chi connectivity index (χ0v) is 11.5. The minimum atomic E-state index is 0.475. The van der Waals surface area contributed by atoms with Crippen molar-refractivity contribution in [2.24, 2.45) is 0 Å². The van der Waals surface area contributed by atoms with Crippen molar-refractivity contribution in [2.45, 2.75) is 28.4 Å². The Morgan fingerprint density at radius 2 is 2.26 bits per heavy atom. The van der Waals surface area contributed by atoms with Crippen LogP contribution >= 0.6 is 23.1 Å². The molecule has 0 spiro atoms. The highest BCUT2D eigenvalue weighted by molar-refractivity contribution is 8.01. The summed E-state index contributed by atoms with van der Waals surface area (Å²) in [6.07, 6.45) is 2.32. The number of nitrogens with zero attached hydrogens (tertiary/aromatic N) is 5. The molecule has 0 radical (unpaired) electrons. The van der Waals surface area contributed by atoms with Crippen molar-refractivity contribution < 1.29 is 0 Å². The zero-order valence-electron chi connectivity index (χ0n) is 9.85. The molecule has 4 rings (SSSR count). The van der Waals surface area contributed by atoms with E-state index >= 15 is 0 Å². The molecule has 1 aliphatic rings. The van der Waals surface area contributed by atoms with Crippen LogP contribution in [0.1, 0.15) is 18.9 Å². The highest BCUT2D eigenvalue weighted by Crippen LogP contribution is 2.39. The van der Waals surface area contributed by atoms with Gasteiger partial charge in [0.2, 0.25) is 5.16 Å². The number of benzene rings is 1. The first kappa shape index (κ1) is 11.2. The number of hydrogen-bond acceptors (Lipinski definition) is 7. The predicted octanol–water partition coefficient (Wildman–Crippen LogP) is 2.35. The van der Waals surface area contributed by atoms with Crippen molar-refractivity contribution in [1.29, 1.82) is 0 Å². The van der Waals surface area contributed by atoms with Gasteiger partial charge in [0.15, 0.2) is 4.34 Å². The third-order valence-electron chi connectivity index (χ3n) is 2.93. The normalized spacial score (nSPS) is 15.2. The van der Waals surface area contributed by atoms with E-state index in [9.17, 15) is 0 Å². The summed E-state index contributed by atoms with van der Waals surface area (Å²) in [5, 5.41) is 12.7. The van der Waals surface area contributed by atoms with Crippen molar-refractivity contribution in [2.75, 3.05) is 5.73 Å². The van der Waals surface area contributed by atoms with Gasteiger partial charge >= 0.3 is 0 Å². The average molecular weight is 290 g/mol. The number of aromatic nitrogens is 5. The molecule has 0 unspecified atom stereocenters. The lowest BCUT2D eigenvalue weighted by molar-refractivity contribution is 0.565. The Bertz CT molecular complexity index is 745. The minimum absolute atomic E-state index is 0.475. The van der Waals surface area contributed by atoms with Crippen molar-refractivity contribution in [3.05, 3.63) is 18.2 Å². The topological polar surface area (TPSA) is 82.5 Å². The molecular formula is C11H10N6S2. The van der Waals surface area contributed by atoms with Gasteiger partial charge in [-0.25, -0.2) is 9.67 Å². The number of rotatable bonds is 3. The summed E-state index contributed by atoms with van der Waals surface area (Å²) in [5.41, 5.74) is 7.50. The molecular weight excluding hydrogens is 280 g/mol. The summed E-state index contributed by atoms with van der Waals surface area (Å²) < 4.78 is 3.93. The van der Waals surface area contributed by atoms with Gasteiger partial charge in [0.1, 0.15) is 0 Å². The quantitative estimate of drug-likeness (QED) is 0.746. The molecule has 2 N–H and O–H groups in total. The number of hydrogen-bond donors (Lipinski definition) is 1. The van der Waals surface area contributed by atoms with E-state index in [2.05, 4.69) is 20.5 Å². The molecule has 19 heavy (non-hydrogen) atoms. The van der Waals surface area contributed by atoms with Gasteiger partial charge in [0, 0.05) is 5.69 Å². The number of fused-ring (bicyclic) bond motifs is 1. The van der Waals surface area contributed by atoms with Crippen LogP contribution in [-0.4, -0.2) is 25.2 Å². The average Bonchev–Trinajstić information content (AvgIpc) is 3.00. The van der Waals surface area contributed by atoms with Crippen LogP contribution < -0.4 is 5.73 Å². The smallest absolute Gasteiger partial charge is 0.216 e. The predicted molar refractivity (Wildman–Crippen MR) is 74.2 cm³/mol. The fourth-order valence-electron chi connectivity index (χ4n) is 1.84. The Hall–Kier alpha value is -1.67. The van der Waals surface area contributed by atoms with E-state index in [1.165, 1.54) is 11.8 Å². The van der Waals surface area contributed by atoms with E-state index in [1.807, 2.05) is 22.9 Å². The number of nitrogen functional groups attached to an aromatic ring is 1. The molecule has 1 aliphatic carbocycles. The van der Waals surface area contributed by atoms with Gasteiger partial charge in [0.05, 0.1) is 16.3 Å². The molecule has 2 heterocycles. The molecule has 6 nitrogen and oxygen atoms in total. The third-order valence-corrected chi connectivity index (χ3v) is 4.96. The maximum atomic E-state index is 5.78. The molecule has 8 heteroatoms. The summed E-state index contributed by atoms with van der Waals surface area (Å²) in [7, 11) is 0. The molecule has 1 saturated carbocycles. The van der Waals surface area contributed by atoms with E-state index in [0.717, 1.165) is 38.2 Å². The Labute approximate surface area is 117 Å². The first-order valence-corrected chi connectivity index (χ1v) is 7.55.